The second-order valence-electron chi connectivity index (χ2n) is 2.63. The van der Waals surface area contributed by atoms with Crippen LogP contribution in [0, 0.1) is 0 Å². The normalized spacial score (nSPS) is 9.42. The monoisotopic (exact) mass is 160 g/mol. The molecule has 0 saturated carbocycles. The fourth-order valence-electron chi connectivity index (χ4n) is 1.17. The van der Waals surface area contributed by atoms with Crippen LogP contribution in [0.2, 0.25) is 0 Å². The fraction of sp³-hybridized carbons (Fsp3) is 0.182. The lowest BCUT2D eigenvalue weighted by molar-refractivity contribution is 0.112. The fourth-order valence-corrected chi connectivity index (χ4v) is 1.17. The minimum atomic E-state index is 0.781. The highest BCUT2D eigenvalue weighted by Crippen LogP contribution is 2.11. The van der Waals surface area contributed by atoms with Gasteiger partial charge in [0.1, 0.15) is 6.29 Å². The number of benzene rings is 1. The van der Waals surface area contributed by atoms with Gasteiger partial charge in [0.2, 0.25) is 0 Å². The summed E-state index contributed by atoms with van der Waals surface area (Å²) in [5, 5.41) is 0. The van der Waals surface area contributed by atoms with Crippen molar-refractivity contribution in [1.29, 1.82) is 0 Å². The number of hydrogen-bond acceptors (Lipinski definition) is 1. The highest BCUT2D eigenvalue weighted by Gasteiger charge is 1.98. The highest BCUT2D eigenvalue weighted by atomic mass is 16.1. The van der Waals surface area contributed by atoms with Gasteiger partial charge in [0.05, 0.1) is 0 Å². The summed E-state index contributed by atoms with van der Waals surface area (Å²) in [6, 6.07) is 5.73. The smallest absolute Gasteiger partial charge is 0.150 e. The molecule has 0 heterocycles. The summed E-state index contributed by atoms with van der Waals surface area (Å²) in [6.07, 6.45) is 3.56. The first-order chi connectivity index (χ1) is 5.81. The molecule has 0 unspecified atom stereocenters. The first-order valence-corrected chi connectivity index (χ1v) is 4.02. The van der Waals surface area contributed by atoms with Gasteiger partial charge in [0.15, 0.2) is 0 Å². The third-order valence-corrected chi connectivity index (χ3v) is 1.91. The molecule has 0 aliphatic rings. The molecule has 1 aromatic rings. The summed E-state index contributed by atoms with van der Waals surface area (Å²) in [5.74, 6) is 0. The standard InChI is InChI=1S/C11H12O/c1-3-9-5-6-11(8-12)10(4-2)7-9/h3,5-8H,1,4H2,2H3. The lowest BCUT2D eigenvalue weighted by Crippen LogP contribution is -1.90. The SMILES string of the molecule is C=Cc1ccc(C=O)c(CC)c1. The molecule has 0 aliphatic heterocycles. The van der Waals surface area contributed by atoms with Gasteiger partial charge in [0, 0.05) is 5.56 Å². The maximum atomic E-state index is 10.6. The molecule has 0 atom stereocenters. The third kappa shape index (κ3) is 1.62. The Labute approximate surface area is 72.7 Å². The van der Waals surface area contributed by atoms with Gasteiger partial charge in [-0.2, -0.15) is 0 Å². The maximum Gasteiger partial charge on any atom is 0.150 e. The van der Waals surface area contributed by atoms with E-state index in [1.807, 2.05) is 25.1 Å². The van der Waals surface area contributed by atoms with E-state index in [9.17, 15) is 4.79 Å². The number of hydrogen-bond donors (Lipinski definition) is 0. The molecule has 12 heavy (non-hydrogen) atoms. The van der Waals surface area contributed by atoms with Gasteiger partial charge in [-0.15, -0.1) is 0 Å². The van der Waals surface area contributed by atoms with E-state index in [1.165, 1.54) is 0 Å². The van der Waals surface area contributed by atoms with Crippen molar-refractivity contribution in [3.05, 3.63) is 41.5 Å². The van der Waals surface area contributed by atoms with E-state index in [4.69, 9.17) is 0 Å². The van der Waals surface area contributed by atoms with Crippen molar-refractivity contribution in [3.63, 3.8) is 0 Å². The second kappa shape index (κ2) is 3.86. The molecule has 1 nitrogen and oxygen atoms in total. The highest BCUT2D eigenvalue weighted by molar-refractivity contribution is 5.78. The average Bonchev–Trinajstić information content (AvgIpc) is 2.16. The van der Waals surface area contributed by atoms with Crippen LogP contribution in [-0.4, -0.2) is 6.29 Å². The van der Waals surface area contributed by atoms with E-state index in [1.54, 1.807) is 6.08 Å². The number of rotatable bonds is 3. The molecule has 1 aromatic carbocycles. The van der Waals surface area contributed by atoms with Crippen LogP contribution < -0.4 is 0 Å². The number of aldehydes is 1. The molecule has 0 amide bonds. The molecule has 0 N–H and O–H groups in total. The molecule has 0 saturated heterocycles. The van der Waals surface area contributed by atoms with Crippen LogP contribution in [0.3, 0.4) is 0 Å². The summed E-state index contributed by atoms with van der Waals surface area (Å²) in [4.78, 5) is 10.6. The van der Waals surface area contributed by atoms with Crippen LogP contribution in [-0.2, 0) is 6.42 Å². The predicted octanol–water partition coefficient (Wildman–Crippen LogP) is 2.70. The molecular weight excluding hydrogens is 148 g/mol. The minimum Gasteiger partial charge on any atom is -0.298 e. The van der Waals surface area contributed by atoms with Gasteiger partial charge in [0.25, 0.3) is 0 Å². The number of aryl methyl sites for hydroxylation is 1. The van der Waals surface area contributed by atoms with Crippen molar-refractivity contribution in [3.8, 4) is 0 Å². The Morgan fingerprint density at radius 1 is 1.50 bits per heavy atom. The maximum absolute atomic E-state index is 10.6. The molecule has 1 heteroatoms. The van der Waals surface area contributed by atoms with Gasteiger partial charge in [-0.3, -0.25) is 4.79 Å². The van der Waals surface area contributed by atoms with Crippen molar-refractivity contribution >= 4 is 12.4 Å². The van der Waals surface area contributed by atoms with Crippen LogP contribution in [0.5, 0.6) is 0 Å². The molecule has 1 rings (SSSR count). The number of carbonyl (C=O) groups excluding carboxylic acids is 1. The Kier molecular flexibility index (Phi) is 2.81. The second-order valence-corrected chi connectivity index (χ2v) is 2.63. The van der Waals surface area contributed by atoms with Crippen LogP contribution in [0.15, 0.2) is 24.8 Å². The summed E-state index contributed by atoms with van der Waals surface area (Å²) < 4.78 is 0. The van der Waals surface area contributed by atoms with Crippen LogP contribution in [0.25, 0.3) is 6.08 Å². The van der Waals surface area contributed by atoms with E-state index in [2.05, 4.69) is 6.58 Å². The van der Waals surface area contributed by atoms with E-state index in [0.29, 0.717) is 0 Å². The topological polar surface area (TPSA) is 17.1 Å². The lowest BCUT2D eigenvalue weighted by Gasteiger charge is -2.01. The van der Waals surface area contributed by atoms with Crippen molar-refractivity contribution in [2.75, 3.05) is 0 Å². The molecule has 0 aliphatic carbocycles. The van der Waals surface area contributed by atoms with Gasteiger partial charge < -0.3 is 0 Å². The zero-order valence-electron chi connectivity index (χ0n) is 7.21. The van der Waals surface area contributed by atoms with E-state index >= 15 is 0 Å². The Morgan fingerprint density at radius 3 is 2.75 bits per heavy atom. The van der Waals surface area contributed by atoms with Gasteiger partial charge in [-0.1, -0.05) is 37.8 Å². The largest absolute Gasteiger partial charge is 0.298 e. The van der Waals surface area contributed by atoms with Crippen LogP contribution >= 0.6 is 0 Å². The Bertz CT molecular complexity index is 300. The Balaban J connectivity index is 3.18. The van der Waals surface area contributed by atoms with Crippen molar-refractivity contribution in [1.82, 2.24) is 0 Å². The summed E-state index contributed by atoms with van der Waals surface area (Å²) in [7, 11) is 0. The van der Waals surface area contributed by atoms with Crippen LogP contribution in [0.4, 0.5) is 0 Å². The molecule has 62 valence electrons. The van der Waals surface area contributed by atoms with Crippen molar-refractivity contribution in [2.45, 2.75) is 13.3 Å². The van der Waals surface area contributed by atoms with Crippen LogP contribution in [0.1, 0.15) is 28.4 Å². The zero-order valence-corrected chi connectivity index (χ0v) is 7.21. The molecule has 0 bridgehead atoms. The predicted molar refractivity (Wildman–Crippen MR) is 51.3 cm³/mol. The summed E-state index contributed by atoms with van der Waals surface area (Å²) >= 11 is 0. The zero-order chi connectivity index (χ0) is 8.97. The summed E-state index contributed by atoms with van der Waals surface area (Å²) in [5.41, 5.74) is 2.93. The van der Waals surface area contributed by atoms with E-state index in [0.717, 1.165) is 29.4 Å². The third-order valence-electron chi connectivity index (χ3n) is 1.91. The molecule has 0 spiro atoms. The van der Waals surface area contributed by atoms with Gasteiger partial charge in [-0.25, -0.2) is 0 Å². The number of carbonyl (C=O) groups is 1. The Morgan fingerprint density at radius 2 is 2.25 bits per heavy atom. The van der Waals surface area contributed by atoms with Crippen molar-refractivity contribution in [2.24, 2.45) is 0 Å². The van der Waals surface area contributed by atoms with E-state index in [-0.39, 0.29) is 0 Å². The van der Waals surface area contributed by atoms with E-state index < -0.39 is 0 Å². The quantitative estimate of drug-likeness (QED) is 0.621. The molecule has 0 fully saturated rings. The van der Waals surface area contributed by atoms with Crippen molar-refractivity contribution < 1.29 is 4.79 Å². The summed E-state index contributed by atoms with van der Waals surface area (Å²) in [6.45, 7) is 5.71. The first kappa shape index (κ1) is 8.72. The Hall–Kier alpha value is -1.37. The molecule has 0 aromatic heterocycles. The molecular formula is C11H12O. The van der Waals surface area contributed by atoms with Gasteiger partial charge >= 0.3 is 0 Å². The average molecular weight is 160 g/mol. The minimum absolute atomic E-state index is 0.781. The van der Waals surface area contributed by atoms with Gasteiger partial charge in [-0.05, 0) is 17.5 Å². The molecule has 0 radical (unpaired) electrons. The lowest BCUT2D eigenvalue weighted by atomic mass is 10.0. The first-order valence-electron chi connectivity index (χ1n) is 4.02.